The SMILES string of the molecule is Cc1cccn2cc(CC(=O)N3CCN(CC(C)O)CC3)nc12. The highest BCUT2D eigenvalue weighted by molar-refractivity contribution is 5.78. The molecule has 1 saturated heterocycles. The van der Waals surface area contributed by atoms with Crippen LogP contribution in [0.3, 0.4) is 0 Å². The molecule has 1 amide bonds. The van der Waals surface area contributed by atoms with E-state index < -0.39 is 0 Å². The van der Waals surface area contributed by atoms with Crippen molar-refractivity contribution in [3.8, 4) is 0 Å². The van der Waals surface area contributed by atoms with Gasteiger partial charge >= 0.3 is 0 Å². The molecule has 0 bridgehead atoms. The van der Waals surface area contributed by atoms with Crippen LogP contribution in [0.5, 0.6) is 0 Å². The van der Waals surface area contributed by atoms with Gasteiger partial charge in [-0.1, -0.05) is 6.07 Å². The van der Waals surface area contributed by atoms with E-state index in [1.807, 2.05) is 40.8 Å². The smallest absolute Gasteiger partial charge is 0.228 e. The van der Waals surface area contributed by atoms with Gasteiger partial charge in [0.2, 0.25) is 5.91 Å². The van der Waals surface area contributed by atoms with Crippen LogP contribution in [-0.2, 0) is 11.2 Å². The fourth-order valence-electron chi connectivity index (χ4n) is 3.11. The van der Waals surface area contributed by atoms with E-state index in [-0.39, 0.29) is 12.0 Å². The topological polar surface area (TPSA) is 61.1 Å². The molecule has 1 fully saturated rings. The fraction of sp³-hybridized carbons (Fsp3) is 0.529. The second-order valence-electron chi connectivity index (χ2n) is 6.36. The molecule has 3 heterocycles. The highest BCUT2D eigenvalue weighted by Crippen LogP contribution is 2.12. The van der Waals surface area contributed by atoms with Crippen LogP contribution in [0.4, 0.5) is 0 Å². The molecule has 0 aliphatic carbocycles. The highest BCUT2D eigenvalue weighted by Gasteiger charge is 2.22. The van der Waals surface area contributed by atoms with Crippen LogP contribution >= 0.6 is 0 Å². The Balaban J connectivity index is 1.60. The number of imidazole rings is 1. The lowest BCUT2D eigenvalue weighted by molar-refractivity contribution is -0.132. The van der Waals surface area contributed by atoms with Crippen molar-refractivity contribution < 1.29 is 9.90 Å². The number of hydrogen-bond acceptors (Lipinski definition) is 4. The van der Waals surface area contributed by atoms with E-state index in [9.17, 15) is 9.90 Å². The van der Waals surface area contributed by atoms with E-state index in [4.69, 9.17) is 0 Å². The van der Waals surface area contributed by atoms with Gasteiger partial charge in [-0.3, -0.25) is 9.69 Å². The van der Waals surface area contributed by atoms with Crippen LogP contribution in [0.1, 0.15) is 18.2 Å². The monoisotopic (exact) mass is 316 g/mol. The average Bonchev–Trinajstić information content (AvgIpc) is 2.91. The van der Waals surface area contributed by atoms with Crippen molar-refractivity contribution in [2.75, 3.05) is 32.7 Å². The largest absolute Gasteiger partial charge is 0.392 e. The molecule has 1 aliphatic rings. The number of piperazine rings is 1. The Hall–Kier alpha value is -1.92. The minimum Gasteiger partial charge on any atom is -0.392 e. The first-order chi connectivity index (χ1) is 11.0. The van der Waals surface area contributed by atoms with Gasteiger partial charge in [-0.15, -0.1) is 0 Å². The molecule has 1 aliphatic heterocycles. The molecular formula is C17H24N4O2. The van der Waals surface area contributed by atoms with Crippen molar-refractivity contribution in [2.24, 2.45) is 0 Å². The molecule has 3 rings (SSSR count). The van der Waals surface area contributed by atoms with Crippen molar-refractivity contribution in [3.05, 3.63) is 35.8 Å². The first kappa shape index (κ1) is 16.0. The van der Waals surface area contributed by atoms with Crippen molar-refractivity contribution in [2.45, 2.75) is 26.4 Å². The molecule has 0 radical (unpaired) electrons. The number of amides is 1. The first-order valence-corrected chi connectivity index (χ1v) is 8.14. The normalized spacial score (nSPS) is 17.6. The second-order valence-corrected chi connectivity index (χ2v) is 6.36. The predicted molar refractivity (Wildman–Crippen MR) is 88.3 cm³/mol. The summed E-state index contributed by atoms with van der Waals surface area (Å²) < 4.78 is 1.97. The summed E-state index contributed by atoms with van der Waals surface area (Å²) in [6.45, 7) is 7.57. The number of fused-ring (bicyclic) bond motifs is 1. The summed E-state index contributed by atoms with van der Waals surface area (Å²) in [4.78, 5) is 21.1. The van der Waals surface area contributed by atoms with Gasteiger partial charge in [-0.2, -0.15) is 0 Å². The summed E-state index contributed by atoms with van der Waals surface area (Å²) >= 11 is 0. The van der Waals surface area contributed by atoms with Crippen LogP contribution in [0.2, 0.25) is 0 Å². The number of aliphatic hydroxyl groups is 1. The third-order valence-electron chi connectivity index (χ3n) is 4.31. The van der Waals surface area contributed by atoms with E-state index >= 15 is 0 Å². The Morgan fingerprint density at radius 1 is 1.35 bits per heavy atom. The molecule has 23 heavy (non-hydrogen) atoms. The summed E-state index contributed by atoms with van der Waals surface area (Å²) in [5.74, 6) is 0.128. The maximum absolute atomic E-state index is 12.5. The maximum atomic E-state index is 12.5. The third kappa shape index (κ3) is 3.71. The Labute approximate surface area is 136 Å². The molecule has 0 spiro atoms. The summed E-state index contributed by atoms with van der Waals surface area (Å²) in [7, 11) is 0. The van der Waals surface area contributed by atoms with E-state index in [0.717, 1.165) is 43.1 Å². The van der Waals surface area contributed by atoms with Crippen molar-refractivity contribution in [1.82, 2.24) is 19.2 Å². The molecule has 124 valence electrons. The number of hydrogen-bond donors (Lipinski definition) is 1. The molecule has 0 saturated carbocycles. The summed E-state index contributed by atoms with van der Waals surface area (Å²) in [5, 5.41) is 9.43. The van der Waals surface area contributed by atoms with Crippen LogP contribution < -0.4 is 0 Å². The maximum Gasteiger partial charge on any atom is 0.228 e. The summed E-state index contributed by atoms with van der Waals surface area (Å²) in [6.07, 6.45) is 3.91. The molecule has 2 aromatic rings. The molecule has 1 N–H and O–H groups in total. The Kier molecular flexibility index (Phi) is 4.63. The minimum absolute atomic E-state index is 0.128. The van der Waals surface area contributed by atoms with E-state index in [0.29, 0.717) is 13.0 Å². The lowest BCUT2D eigenvalue weighted by Crippen LogP contribution is -2.50. The van der Waals surface area contributed by atoms with Gasteiger partial charge in [0.25, 0.3) is 0 Å². The van der Waals surface area contributed by atoms with Crippen LogP contribution in [-0.4, -0.2) is 69.0 Å². The zero-order valence-electron chi connectivity index (χ0n) is 13.8. The van der Waals surface area contributed by atoms with E-state index in [1.165, 1.54) is 0 Å². The molecule has 1 atom stereocenters. The van der Waals surface area contributed by atoms with E-state index in [1.54, 1.807) is 6.92 Å². The lowest BCUT2D eigenvalue weighted by Gasteiger charge is -2.35. The number of carbonyl (C=O) groups is 1. The predicted octanol–water partition coefficient (Wildman–Crippen LogP) is 0.710. The molecule has 6 heteroatoms. The number of pyridine rings is 1. The average molecular weight is 316 g/mol. The first-order valence-electron chi connectivity index (χ1n) is 8.14. The number of β-amino-alcohol motifs (C(OH)–C–C–N with tert-alkyl or cyclic N) is 1. The lowest BCUT2D eigenvalue weighted by atomic mass is 10.2. The summed E-state index contributed by atoms with van der Waals surface area (Å²) in [5.41, 5.74) is 2.84. The van der Waals surface area contributed by atoms with Gasteiger partial charge in [0.05, 0.1) is 18.2 Å². The highest BCUT2D eigenvalue weighted by atomic mass is 16.3. The molecule has 2 aromatic heterocycles. The van der Waals surface area contributed by atoms with Crippen molar-refractivity contribution in [1.29, 1.82) is 0 Å². The van der Waals surface area contributed by atoms with Crippen molar-refractivity contribution in [3.63, 3.8) is 0 Å². The summed E-state index contributed by atoms with van der Waals surface area (Å²) in [6, 6.07) is 4.01. The number of aryl methyl sites for hydroxylation is 1. The number of carbonyl (C=O) groups excluding carboxylic acids is 1. The zero-order valence-corrected chi connectivity index (χ0v) is 13.8. The van der Waals surface area contributed by atoms with Gasteiger partial charge in [0.15, 0.2) is 0 Å². The van der Waals surface area contributed by atoms with Gasteiger partial charge < -0.3 is 14.4 Å². The quantitative estimate of drug-likeness (QED) is 0.902. The molecule has 0 aromatic carbocycles. The molecule has 1 unspecified atom stereocenters. The number of nitrogens with zero attached hydrogens (tertiary/aromatic N) is 4. The minimum atomic E-state index is -0.321. The molecule has 6 nitrogen and oxygen atoms in total. The van der Waals surface area contributed by atoms with Gasteiger partial charge in [0.1, 0.15) is 5.65 Å². The fourth-order valence-corrected chi connectivity index (χ4v) is 3.11. The zero-order chi connectivity index (χ0) is 16.4. The second kappa shape index (κ2) is 6.68. The third-order valence-corrected chi connectivity index (χ3v) is 4.31. The van der Waals surface area contributed by atoms with Gasteiger partial charge in [0, 0.05) is 45.1 Å². The number of rotatable bonds is 4. The molecular weight excluding hydrogens is 292 g/mol. The van der Waals surface area contributed by atoms with Gasteiger partial charge in [-0.05, 0) is 25.5 Å². The van der Waals surface area contributed by atoms with Crippen LogP contribution in [0.25, 0.3) is 5.65 Å². The Morgan fingerprint density at radius 3 is 2.74 bits per heavy atom. The Morgan fingerprint density at radius 2 is 2.09 bits per heavy atom. The van der Waals surface area contributed by atoms with Crippen LogP contribution in [0.15, 0.2) is 24.5 Å². The van der Waals surface area contributed by atoms with E-state index in [2.05, 4.69) is 9.88 Å². The van der Waals surface area contributed by atoms with Crippen LogP contribution in [0, 0.1) is 6.92 Å². The van der Waals surface area contributed by atoms with Gasteiger partial charge in [-0.25, -0.2) is 4.98 Å². The number of aliphatic hydroxyl groups excluding tert-OH is 1. The van der Waals surface area contributed by atoms with Crippen molar-refractivity contribution >= 4 is 11.6 Å². The Bertz CT molecular complexity index is 687. The number of aromatic nitrogens is 2. The standard InChI is InChI=1S/C17H24N4O2/c1-13-4-3-5-21-12-15(18-17(13)21)10-16(23)20-8-6-19(7-9-20)11-14(2)22/h3-5,12,14,22H,6-11H2,1-2H3.